The van der Waals surface area contributed by atoms with E-state index in [2.05, 4.69) is 4.90 Å². The van der Waals surface area contributed by atoms with Crippen LogP contribution in [0.5, 0.6) is 0 Å². The Bertz CT molecular complexity index is 204. The van der Waals surface area contributed by atoms with Crippen LogP contribution < -0.4 is 0 Å². The molecule has 1 aliphatic heterocycles. The Morgan fingerprint density at radius 3 is 2.38 bits per heavy atom. The number of nitrogens with zero attached hydrogens (tertiary/aromatic N) is 1. The van der Waals surface area contributed by atoms with Gasteiger partial charge in [-0.2, -0.15) is 0 Å². The van der Waals surface area contributed by atoms with Crippen molar-refractivity contribution in [3.05, 3.63) is 0 Å². The summed E-state index contributed by atoms with van der Waals surface area (Å²) in [6.45, 7) is 3.58. The van der Waals surface area contributed by atoms with Gasteiger partial charge in [0, 0.05) is 13.7 Å². The summed E-state index contributed by atoms with van der Waals surface area (Å²) in [4.78, 5) is 2.40. The number of hydrogen-bond donors (Lipinski definition) is 1. The summed E-state index contributed by atoms with van der Waals surface area (Å²) >= 11 is 0. The van der Waals surface area contributed by atoms with Gasteiger partial charge in [0.05, 0.1) is 12.7 Å². The Morgan fingerprint density at radius 2 is 1.81 bits per heavy atom. The van der Waals surface area contributed by atoms with Crippen LogP contribution in [0, 0.1) is 5.41 Å². The summed E-state index contributed by atoms with van der Waals surface area (Å²) < 4.78 is 4.96. The molecule has 1 aliphatic carbocycles. The number of β-amino-alcohol motifs (C(OH)–C–C–N with tert-alkyl or cyclic N) is 1. The van der Waals surface area contributed by atoms with Crippen LogP contribution in [-0.4, -0.2) is 49.5 Å². The van der Waals surface area contributed by atoms with Crippen LogP contribution in [0.15, 0.2) is 0 Å². The molecule has 1 N–H and O–H groups in total. The fourth-order valence-corrected chi connectivity index (χ4v) is 3.38. The van der Waals surface area contributed by atoms with E-state index in [0.717, 1.165) is 6.54 Å². The van der Waals surface area contributed by atoms with Crippen LogP contribution in [0.1, 0.15) is 38.5 Å². The topological polar surface area (TPSA) is 32.7 Å². The molecule has 1 saturated carbocycles. The number of aliphatic hydroxyl groups excluding tert-OH is 1. The number of hydrogen-bond acceptors (Lipinski definition) is 3. The number of piperidine rings is 1. The highest BCUT2D eigenvalue weighted by Crippen LogP contribution is 2.45. The fraction of sp³-hybridized carbons (Fsp3) is 1.00. The molecule has 0 bridgehead atoms. The second kappa shape index (κ2) is 5.48. The average molecular weight is 227 g/mol. The smallest absolute Gasteiger partial charge is 0.0900 e. The predicted molar refractivity (Wildman–Crippen MR) is 64.5 cm³/mol. The van der Waals surface area contributed by atoms with Gasteiger partial charge in [0.25, 0.3) is 0 Å². The van der Waals surface area contributed by atoms with Gasteiger partial charge in [-0.05, 0) is 44.2 Å². The molecule has 94 valence electrons. The van der Waals surface area contributed by atoms with E-state index in [1.165, 1.54) is 51.6 Å². The van der Waals surface area contributed by atoms with E-state index in [1.807, 2.05) is 0 Å². The highest BCUT2D eigenvalue weighted by Gasteiger charge is 2.36. The maximum absolute atomic E-state index is 9.69. The lowest BCUT2D eigenvalue weighted by atomic mass is 9.77. The second-order valence-electron chi connectivity index (χ2n) is 5.62. The first kappa shape index (κ1) is 12.3. The average Bonchev–Trinajstić information content (AvgIpc) is 2.71. The molecular formula is C13H25NO2. The number of methoxy groups -OCH3 is 1. The molecule has 1 atom stereocenters. The SMILES string of the molecule is COCC(O)CN1CCC2(CCCC2)CC1. The van der Waals surface area contributed by atoms with Crippen molar-refractivity contribution in [1.82, 2.24) is 4.90 Å². The van der Waals surface area contributed by atoms with Gasteiger partial charge >= 0.3 is 0 Å². The van der Waals surface area contributed by atoms with Crippen molar-refractivity contribution in [2.24, 2.45) is 5.41 Å². The van der Waals surface area contributed by atoms with E-state index in [0.29, 0.717) is 12.0 Å². The van der Waals surface area contributed by atoms with Crippen LogP contribution in [-0.2, 0) is 4.74 Å². The van der Waals surface area contributed by atoms with E-state index >= 15 is 0 Å². The van der Waals surface area contributed by atoms with Crippen LogP contribution in [0.25, 0.3) is 0 Å². The van der Waals surface area contributed by atoms with Crippen molar-refractivity contribution in [2.75, 3.05) is 33.4 Å². The second-order valence-corrected chi connectivity index (χ2v) is 5.62. The highest BCUT2D eigenvalue weighted by atomic mass is 16.5. The van der Waals surface area contributed by atoms with Gasteiger partial charge in [0.1, 0.15) is 0 Å². The van der Waals surface area contributed by atoms with Crippen molar-refractivity contribution in [1.29, 1.82) is 0 Å². The summed E-state index contributed by atoms with van der Waals surface area (Å²) in [7, 11) is 1.65. The van der Waals surface area contributed by atoms with Crippen molar-refractivity contribution in [2.45, 2.75) is 44.6 Å². The molecule has 1 saturated heterocycles. The summed E-state index contributed by atoms with van der Waals surface area (Å²) in [6.07, 6.45) is 8.13. The first-order valence-corrected chi connectivity index (χ1v) is 6.63. The van der Waals surface area contributed by atoms with Crippen molar-refractivity contribution in [3.63, 3.8) is 0 Å². The molecule has 2 aliphatic rings. The maximum Gasteiger partial charge on any atom is 0.0900 e. The molecule has 3 nitrogen and oxygen atoms in total. The molecule has 2 fully saturated rings. The zero-order valence-electron chi connectivity index (χ0n) is 10.5. The summed E-state index contributed by atoms with van der Waals surface area (Å²) in [5.41, 5.74) is 0.683. The van der Waals surface area contributed by atoms with Gasteiger partial charge in [0.2, 0.25) is 0 Å². The van der Waals surface area contributed by atoms with Crippen LogP contribution >= 0.6 is 0 Å². The fourth-order valence-electron chi connectivity index (χ4n) is 3.38. The molecule has 1 unspecified atom stereocenters. The van der Waals surface area contributed by atoms with Gasteiger partial charge in [-0.1, -0.05) is 12.8 Å². The van der Waals surface area contributed by atoms with Crippen LogP contribution in [0.4, 0.5) is 0 Å². The van der Waals surface area contributed by atoms with E-state index in [1.54, 1.807) is 7.11 Å². The van der Waals surface area contributed by atoms with E-state index < -0.39 is 0 Å². The predicted octanol–water partition coefficient (Wildman–Crippen LogP) is 1.65. The molecule has 3 heteroatoms. The first-order valence-electron chi connectivity index (χ1n) is 6.63. The van der Waals surface area contributed by atoms with Gasteiger partial charge in [0.15, 0.2) is 0 Å². The molecule has 0 amide bonds. The minimum Gasteiger partial charge on any atom is -0.389 e. The molecule has 1 heterocycles. The molecule has 0 radical (unpaired) electrons. The molecular weight excluding hydrogens is 202 g/mol. The summed E-state index contributed by atoms with van der Waals surface area (Å²) in [5.74, 6) is 0. The lowest BCUT2D eigenvalue weighted by molar-refractivity contribution is 0.0184. The lowest BCUT2D eigenvalue weighted by Gasteiger charge is -2.40. The normalized spacial score (nSPS) is 27.4. The molecule has 16 heavy (non-hydrogen) atoms. The minimum atomic E-state index is -0.317. The number of rotatable bonds is 4. The standard InChI is InChI=1S/C13H25NO2/c1-16-11-12(15)10-14-8-6-13(7-9-14)4-2-3-5-13/h12,15H,2-11H2,1H3. The quantitative estimate of drug-likeness (QED) is 0.792. The third kappa shape index (κ3) is 2.96. The molecule has 1 spiro atoms. The van der Waals surface area contributed by atoms with Crippen LogP contribution in [0.3, 0.4) is 0 Å². The van der Waals surface area contributed by atoms with Gasteiger partial charge in [-0.25, -0.2) is 0 Å². The Kier molecular flexibility index (Phi) is 4.22. The maximum atomic E-state index is 9.69. The number of ether oxygens (including phenoxy) is 1. The number of aliphatic hydroxyl groups is 1. The lowest BCUT2D eigenvalue weighted by Crippen LogP contribution is -2.43. The van der Waals surface area contributed by atoms with E-state index in [4.69, 9.17) is 4.74 Å². The Balaban J connectivity index is 1.72. The van der Waals surface area contributed by atoms with Gasteiger partial charge < -0.3 is 14.7 Å². The third-order valence-corrected chi connectivity index (χ3v) is 4.41. The Labute approximate surface area is 98.8 Å². The van der Waals surface area contributed by atoms with Crippen molar-refractivity contribution >= 4 is 0 Å². The molecule has 0 aromatic rings. The monoisotopic (exact) mass is 227 g/mol. The zero-order chi connectivity index (χ0) is 11.4. The highest BCUT2D eigenvalue weighted by molar-refractivity contribution is 4.89. The zero-order valence-corrected chi connectivity index (χ0v) is 10.5. The van der Waals surface area contributed by atoms with E-state index in [-0.39, 0.29) is 6.10 Å². The largest absolute Gasteiger partial charge is 0.389 e. The van der Waals surface area contributed by atoms with Gasteiger partial charge in [-0.3, -0.25) is 0 Å². The Morgan fingerprint density at radius 1 is 1.19 bits per heavy atom. The molecule has 2 rings (SSSR count). The first-order chi connectivity index (χ1) is 7.74. The Hall–Kier alpha value is -0.120. The van der Waals surface area contributed by atoms with Crippen LogP contribution in [0.2, 0.25) is 0 Å². The molecule has 0 aromatic heterocycles. The summed E-state index contributed by atoms with van der Waals surface area (Å²) in [5, 5.41) is 9.69. The summed E-state index contributed by atoms with van der Waals surface area (Å²) in [6, 6.07) is 0. The van der Waals surface area contributed by atoms with Gasteiger partial charge in [-0.15, -0.1) is 0 Å². The minimum absolute atomic E-state index is 0.317. The van der Waals surface area contributed by atoms with Crippen molar-refractivity contribution < 1.29 is 9.84 Å². The van der Waals surface area contributed by atoms with E-state index in [9.17, 15) is 5.11 Å². The molecule has 0 aromatic carbocycles. The third-order valence-electron chi connectivity index (χ3n) is 4.41. The van der Waals surface area contributed by atoms with Crippen molar-refractivity contribution in [3.8, 4) is 0 Å². The number of likely N-dealkylation sites (tertiary alicyclic amines) is 1.